The number of hydrogen-bond acceptors (Lipinski definition) is 4. The molecule has 1 saturated heterocycles. The minimum absolute atomic E-state index is 0.00481. The number of ketones is 1. The molecule has 0 aromatic heterocycles. The Hall–Kier alpha value is -0.940. The van der Waals surface area contributed by atoms with Gasteiger partial charge in [-0.05, 0) is 20.9 Å². The zero-order valence-corrected chi connectivity index (χ0v) is 9.54. The van der Waals surface area contributed by atoms with Crippen molar-refractivity contribution in [1.29, 1.82) is 0 Å². The van der Waals surface area contributed by atoms with Crippen LogP contribution in [0, 0.1) is 0 Å². The second-order valence-electron chi connectivity index (χ2n) is 3.86. The zero-order chi connectivity index (χ0) is 11.4. The molecule has 0 bridgehead atoms. The zero-order valence-electron chi connectivity index (χ0n) is 9.54. The maximum absolute atomic E-state index is 12.0. The predicted molar refractivity (Wildman–Crippen MR) is 57.6 cm³/mol. The molecule has 1 fully saturated rings. The molecule has 5 heteroatoms. The largest absolute Gasteiger partial charge is 0.330 e. The summed E-state index contributed by atoms with van der Waals surface area (Å²) in [5, 5.41) is 6.12. The summed E-state index contributed by atoms with van der Waals surface area (Å²) in [6.07, 6.45) is 0. The SMILES string of the molecule is CNC1CNCCN(C(C)C(C)=O)C1=O. The minimum atomic E-state index is -0.326. The van der Waals surface area contributed by atoms with E-state index in [9.17, 15) is 9.59 Å². The van der Waals surface area contributed by atoms with Gasteiger partial charge in [-0.15, -0.1) is 0 Å². The predicted octanol–water partition coefficient (Wildman–Crippen LogP) is -1.02. The van der Waals surface area contributed by atoms with Crippen molar-refractivity contribution in [2.45, 2.75) is 25.9 Å². The molecule has 0 saturated carbocycles. The van der Waals surface area contributed by atoms with E-state index in [1.54, 1.807) is 18.9 Å². The van der Waals surface area contributed by atoms with E-state index in [4.69, 9.17) is 0 Å². The number of rotatable bonds is 3. The highest BCUT2D eigenvalue weighted by atomic mass is 16.2. The lowest BCUT2D eigenvalue weighted by molar-refractivity contribution is -0.139. The second-order valence-corrected chi connectivity index (χ2v) is 3.86. The van der Waals surface area contributed by atoms with Crippen LogP contribution in [0.25, 0.3) is 0 Å². The van der Waals surface area contributed by atoms with Crippen LogP contribution in [0.2, 0.25) is 0 Å². The van der Waals surface area contributed by atoms with Crippen molar-refractivity contribution >= 4 is 11.7 Å². The van der Waals surface area contributed by atoms with Crippen molar-refractivity contribution in [2.75, 3.05) is 26.7 Å². The van der Waals surface area contributed by atoms with E-state index >= 15 is 0 Å². The molecule has 1 aliphatic heterocycles. The molecule has 15 heavy (non-hydrogen) atoms. The van der Waals surface area contributed by atoms with Crippen LogP contribution in [0.15, 0.2) is 0 Å². The van der Waals surface area contributed by atoms with E-state index in [2.05, 4.69) is 10.6 Å². The lowest BCUT2D eigenvalue weighted by Gasteiger charge is -2.28. The molecule has 1 amide bonds. The number of amides is 1. The molecule has 5 nitrogen and oxygen atoms in total. The van der Waals surface area contributed by atoms with Gasteiger partial charge in [0.25, 0.3) is 0 Å². The van der Waals surface area contributed by atoms with Crippen molar-refractivity contribution in [3.8, 4) is 0 Å². The van der Waals surface area contributed by atoms with E-state index in [1.807, 2.05) is 0 Å². The van der Waals surface area contributed by atoms with Crippen LogP contribution in [-0.4, -0.2) is 55.4 Å². The first kappa shape index (κ1) is 12.1. The normalized spacial score (nSPS) is 24.9. The smallest absolute Gasteiger partial charge is 0.241 e. The summed E-state index contributed by atoms with van der Waals surface area (Å²) in [6.45, 7) is 5.25. The number of Topliss-reactive ketones (excluding diaryl/α,β-unsaturated/α-hetero) is 1. The Labute approximate surface area is 90.2 Å². The van der Waals surface area contributed by atoms with Crippen molar-refractivity contribution < 1.29 is 9.59 Å². The number of hydrogen-bond donors (Lipinski definition) is 2. The third-order valence-corrected chi connectivity index (χ3v) is 2.86. The fraction of sp³-hybridized carbons (Fsp3) is 0.800. The summed E-state index contributed by atoms with van der Waals surface area (Å²) >= 11 is 0. The first-order chi connectivity index (χ1) is 7.07. The Morgan fingerprint density at radius 3 is 2.87 bits per heavy atom. The van der Waals surface area contributed by atoms with Gasteiger partial charge in [-0.1, -0.05) is 0 Å². The average Bonchev–Trinajstić information content (AvgIpc) is 2.39. The fourth-order valence-corrected chi connectivity index (χ4v) is 1.67. The number of carbonyl (C=O) groups is 2. The van der Waals surface area contributed by atoms with Crippen LogP contribution in [0.5, 0.6) is 0 Å². The molecule has 2 atom stereocenters. The van der Waals surface area contributed by atoms with Gasteiger partial charge in [-0.2, -0.15) is 0 Å². The lowest BCUT2D eigenvalue weighted by Crippen LogP contribution is -2.51. The first-order valence-corrected chi connectivity index (χ1v) is 5.27. The quantitative estimate of drug-likeness (QED) is 0.630. The Morgan fingerprint density at radius 1 is 1.67 bits per heavy atom. The van der Waals surface area contributed by atoms with Crippen LogP contribution >= 0.6 is 0 Å². The molecule has 1 rings (SSSR count). The van der Waals surface area contributed by atoms with Crippen LogP contribution < -0.4 is 10.6 Å². The van der Waals surface area contributed by atoms with Gasteiger partial charge >= 0.3 is 0 Å². The van der Waals surface area contributed by atoms with E-state index in [0.717, 1.165) is 6.54 Å². The van der Waals surface area contributed by atoms with Crippen LogP contribution in [0.3, 0.4) is 0 Å². The highest BCUT2D eigenvalue weighted by molar-refractivity contribution is 5.89. The van der Waals surface area contributed by atoms with Gasteiger partial charge < -0.3 is 15.5 Å². The topological polar surface area (TPSA) is 61.4 Å². The van der Waals surface area contributed by atoms with Gasteiger partial charge in [0.15, 0.2) is 5.78 Å². The molecule has 0 radical (unpaired) electrons. The van der Waals surface area contributed by atoms with Crippen LogP contribution in [0.4, 0.5) is 0 Å². The number of carbonyl (C=O) groups excluding carboxylic acids is 2. The molecule has 0 spiro atoms. The molecular formula is C10H19N3O2. The summed E-state index contributed by atoms with van der Waals surface area (Å²) in [7, 11) is 1.76. The standard InChI is InChI=1S/C10H19N3O2/c1-7(8(2)14)13-5-4-12-6-9(11-3)10(13)15/h7,9,11-12H,4-6H2,1-3H3. The maximum Gasteiger partial charge on any atom is 0.241 e. The van der Waals surface area contributed by atoms with Crippen LogP contribution in [0.1, 0.15) is 13.8 Å². The van der Waals surface area contributed by atoms with Crippen molar-refractivity contribution in [2.24, 2.45) is 0 Å². The maximum atomic E-state index is 12.0. The van der Waals surface area contributed by atoms with Gasteiger partial charge in [0.1, 0.15) is 0 Å². The van der Waals surface area contributed by atoms with Gasteiger partial charge in [0.05, 0.1) is 12.1 Å². The fourth-order valence-electron chi connectivity index (χ4n) is 1.67. The molecule has 0 aromatic rings. The summed E-state index contributed by atoms with van der Waals surface area (Å²) in [5.74, 6) is 0.0327. The van der Waals surface area contributed by atoms with Crippen molar-refractivity contribution in [3.05, 3.63) is 0 Å². The van der Waals surface area contributed by atoms with Gasteiger partial charge in [-0.25, -0.2) is 0 Å². The highest BCUT2D eigenvalue weighted by Crippen LogP contribution is 2.05. The third-order valence-electron chi connectivity index (χ3n) is 2.86. The summed E-state index contributed by atoms with van der Waals surface area (Å²) in [5.41, 5.74) is 0. The Morgan fingerprint density at radius 2 is 2.33 bits per heavy atom. The minimum Gasteiger partial charge on any atom is -0.330 e. The van der Waals surface area contributed by atoms with Crippen molar-refractivity contribution in [3.63, 3.8) is 0 Å². The van der Waals surface area contributed by atoms with Gasteiger partial charge in [-0.3, -0.25) is 9.59 Å². The number of likely N-dealkylation sites (N-methyl/N-ethyl adjacent to an activating group) is 1. The molecule has 2 N–H and O–H groups in total. The molecule has 2 unspecified atom stereocenters. The van der Waals surface area contributed by atoms with Crippen LogP contribution in [-0.2, 0) is 9.59 Å². The Bertz CT molecular complexity index is 255. The lowest BCUT2D eigenvalue weighted by atomic mass is 10.1. The van der Waals surface area contributed by atoms with E-state index in [0.29, 0.717) is 13.1 Å². The van der Waals surface area contributed by atoms with E-state index in [-0.39, 0.29) is 23.8 Å². The number of nitrogens with zero attached hydrogens (tertiary/aromatic N) is 1. The summed E-state index contributed by atoms with van der Waals surface area (Å²) < 4.78 is 0. The first-order valence-electron chi connectivity index (χ1n) is 5.27. The second kappa shape index (κ2) is 5.23. The summed E-state index contributed by atoms with van der Waals surface area (Å²) in [6, 6.07) is -0.553. The summed E-state index contributed by atoms with van der Waals surface area (Å²) in [4.78, 5) is 24.9. The molecule has 0 aromatic carbocycles. The van der Waals surface area contributed by atoms with Gasteiger partial charge in [0.2, 0.25) is 5.91 Å². The number of nitrogens with one attached hydrogen (secondary N) is 2. The van der Waals surface area contributed by atoms with E-state index < -0.39 is 0 Å². The van der Waals surface area contributed by atoms with E-state index in [1.165, 1.54) is 6.92 Å². The Kier molecular flexibility index (Phi) is 4.23. The average molecular weight is 213 g/mol. The molecule has 0 aliphatic carbocycles. The highest BCUT2D eigenvalue weighted by Gasteiger charge is 2.30. The molecule has 86 valence electrons. The molecule has 1 aliphatic rings. The molecule has 1 heterocycles. The molecular weight excluding hydrogens is 194 g/mol. The van der Waals surface area contributed by atoms with Gasteiger partial charge in [0, 0.05) is 19.6 Å². The Balaban J connectivity index is 2.77. The third kappa shape index (κ3) is 2.76. The van der Waals surface area contributed by atoms with Crippen molar-refractivity contribution in [1.82, 2.24) is 15.5 Å². The monoisotopic (exact) mass is 213 g/mol.